The van der Waals surface area contributed by atoms with E-state index in [-0.39, 0.29) is 5.56 Å². The minimum absolute atomic E-state index is 0.0805. The van der Waals surface area contributed by atoms with Crippen molar-refractivity contribution in [2.24, 2.45) is 0 Å². The molecular formula is C10H14O3. The lowest BCUT2D eigenvalue weighted by Gasteiger charge is -2.15. The van der Waals surface area contributed by atoms with Crippen molar-refractivity contribution >= 4 is 0 Å². The molecule has 1 rings (SSSR count). The van der Waals surface area contributed by atoms with Gasteiger partial charge in [0.05, 0.1) is 0 Å². The van der Waals surface area contributed by atoms with Crippen LogP contribution in [0.4, 0.5) is 0 Å². The first-order valence-corrected chi connectivity index (χ1v) is 4.19. The van der Waals surface area contributed by atoms with Gasteiger partial charge in [-0.05, 0) is 11.5 Å². The summed E-state index contributed by atoms with van der Waals surface area (Å²) in [5.74, 6) is -2.34. The Kier molecular flexibility index (Phi) is 2.71. The summed E-state index contributed by atoms with van der Waals surface area (Å²) in [6, 6.07) is 6.51. The molecule has 0 saturated heterocycles. The fourth-order valence-electron chi connectivity index (χ4n) is 1.09. The quantitative estimate of drug-likeness (QED) is 0.595. The standard InChI is InChI=1S/C10H14O3/c1-7(2)8-3-5-9(6-4-8)10(11,12)13/h3-7,11-13H,1-2H3. The van der Waals surface area contributed by atoms with E-state index in [0.29, 0.717) is 5.92 Å². The van der Waals surface area contributed by atoms with Crippen molar-refractivity contribution in [1.29, 1.82) is 0 Å². The molecule has 13 heavy (non-hydrogen) atoms. The predicted octanol–water partition coefficient (Wildman–Crippen LogP) is 0.897. The van der Waals surface area contributed by atoms with Crippen LogP contribution in [-0.2, 0) is 5.97 Å². The van der Waals surface area contributed by atoms with E-state index in [9.17, 15) is 0 Å². The van der Waals surface area contributed by atoms with Crippen LogP contribution < -0.4 is 0 Å². The van der Waals surface area contributed by atoms with Gasteiger partial charge >= 0.3 is 5.97 Å². The molecule has 0 unspecified atom stereocenters. The third-order valence-electron chi connectivity index (χ3n) is 1.96. The molecule has 1 aromatic carbocycles. The van der Waals surface area contributed by atoms with Gasteiger partial charge in [-0.15, -0.1) is 0 Å². The van der Waals surface area contributed by atoms with Gasteiger partial charge in [-0.2, -0.15) is 0 Å². The zero-order valence-electron chi connectivity index (χ0n) is 7.73. The monoisotopic (exact) mass is 182 g/mol. The number of hydrogen-bond donors (Lipinski definition) is 3. The van der Waals surface area contributed by atoms with Crippen molar-refractivity contribution in [3.05, 3.63) is 35.4 Å². The van der Waals surface area contributed by atoms with Gasteiger partial charge in [-0.1, -0.05) is 38.1 Å². The maximum atomic E-state index is 8.83. The number of rotatable bonds is 2. The van der Waals surface area contributed by atoms with Crippen LogP contribution in [0.25, 0.3) is 0 Å². The lowest BCUT2D eigenvalue weighted by atomic mass is 10.0. The van der Waals surface area contributed by atoms with Crippen LogP contribution in [0.1, 0.15) is 30.9 Å². The summed E-state index contributed by atoms with van der Waals surface area (Å²) in [4.78, 5) is 0. The molecule has 0 heterocycles. The Morgan fingerprint density at radius 1 is 1.00 bits per heavy atom. The van der Waals surface area contributed by atoms with Crippen LogP contribution in [0.5, 0.6) is 0 Å². The summed E-state index contributed by atoms with van der Waals surface area (Å²) in [6.45, 7) is 4.08. The predicted molar refractivity (Wildman–Crippen MR) is 48.9 cm³/mol. The Labute approximate surface area is 77.3 Å². The Morgan fingerprint density at radius 3 is 1.77 bits per heavy atom. The summed E-state index contributed by atoms with van der Waals surface area (Å²) < 4.78 is 0. The van der Waals surface area contributed by atoms with Crippen molar-refractivity contribution < 1.29 is 15.3 Å². The second-order valence-corrected chi connectivity index (χ2v) is 3.41. The smallest absolute Gasteiger partial charge is 0.304 e. The first-order chi connectivity index (χ1) is 5.91. The molecule has 3 N–H and O–H groups in total. The van der Waals surface area contributed by atoms with Gasteiger partial charge < -0.3 is 15.3 Å². The molecule has 0 aromatic heterocycles. The molecule has 0 saturated carbocycles. The zero-order chi connectivity index (χ0) is 10.1. The van der Waals surface area contributed by atoms with Crippen molar-refractivity contribution in [1.82, 2.24) is 0 Å². The average molecular weight is 182 g/mol. The van der Waals surface area contributed by atoms with Gasteiger partial charge in [-0.25, -0.2) is 0 Å². The Hall–Kier alpha value is -0.900. The first kappa shape index (κ1) is 10.2. The van der Waals surface area contributed by atoms with E-state index in [0.717, 1.165) is 5.56 Å². The molecule has 0 fully saturated rings. The molecule has 0 amide bonds. The topological polar surface area (TPSA) is 60.7 Å². The van der Waals surface area contributed by atoms with Crippen LogP contribution in [-0.4, -0.2) is 15.3 Å². The van der Waals surface area contributed by atoms with Crippen LogP contribution in [0.3, 0.4) is 0 Å². The lowest BCUT2D eigenvalue weighted by molar-refractivity contribution is -0.323. The summed E-state index contributed by atoms with van der Waals surface area (Å²) >= 11 is 0. The molecule has 0 aliphatic carbocycles. The number of hydrogen-bond acceptors (Lipinski definition) is 3. The van der Waals surface area contributed by atoms with Crippen molar-refractivity contribution in [3.8, 4) is 0 Å². The normalized spacial score (nSPS) is 12.2. The molecule has 0 radical (unpaired) electrons. The van der Waals surface area contributed by atoms with Crippen LogP contribution in [0.2, 0.25) is 0 Å². The van der Waals surface area contributed by atoms with Gasteiger partial charge in [-0.3, -0.25) is 0 Å². The van der Waals surface area contributed by atoms with Gasteiger partial charge in [0.25, 0.3) is 0 Å². The van der Waals surface area contributed by atoms with E-state index >= 15 is 0 Å². The molecule has 72 valence electrons. The Bertz CT molecular complexity index is 269. The molecule has 3 nitrogen and oxygen atoms in total. The molecule has 3 heteroatoms. The molecule has 0 bridgehead atoms. The second kappa shape index (κ2) is 3.46. The highest BCUT2D eigenvalue weighted by molar-refractivity contribution is 5.26. The summed E-state index contributed by atoms with van der Waals surface area (Å²) in [7, 11) is 0. The van der Waals surface area contributed by atoms with E-state index in [2.05, 4.69) is 0 Å². The van der Waals surface area contributed by atoms with Crippen molar-refractivity contribution in [3.63, 3.8) is 0 Å². The van der Waals surface area contributed by atoms with Crippen LogP contribution in [0, 0.1) is 0 Å². The summed E-state index contributed by atoms with van der Waals surface area (Å²) in [6.07, 6.45) is 0. The average Bonchev–Trinajstić information content (AvgIpc) is 2.03. The fourth-order valence-corrected chi connectivity index (χ4v) is 1.09. The van der Waals surface area contributed by atoms with Crippen molar-refractivity contribution in [2.45, 2.75) is 25.7 Å². The third kappa shape index (κ3) is 2.52. The van der Waals surface area contributed by atoms with Crippen LogP contribution in [0.15, 0.2) is 24.3 Å². The zero-order valence-corrected chi connectivity index (χ0v) is 7.73. The molecule has 0 atom stereocenters. The third-order valence-corrected chi connectivity index (χ3v) is 1.96. The lowest BCUT2D eigenvalue weighted by Crippen LogP contribution is -2.23. The molecule has 1 aromatic rings. The second-order valence-electron chi connectivity index (χ2n) is 3.41. The van der Waals surface area contributed by atoms with Gasteiger partial charge in [0.2, 0.25) is 0 Å². The van der Waals surface area contributed by atoms with E-state index in [1.807, 2.05) is 13.8 Å². The van der Waals surface area contributed by atoms with E-state index < -0.39 is 5.97 Å². The van der Waals surface area contributed by atoms with E-state index in [1.165, 1.54) is 12.1 Å². The minimum Gasteiger partial charge on any atom is -0.340 e. The molecule has 0 aliphatic heterocycles. The number of benzene rings is 1. The van der Waals surface area contributed by atoms with Crippen LogP contribution >= 0.6 is 0 Å². The Balaban J connectivity index is 2.94. The highest BCUT2D eigenvalue weighted by atomic mass is 16.7. The Morgan fingerprint density at radius 2 is 1.46 bits per heavy atom. The SMILES string of the molecule is CC(C)c1ccc(C(O)(O)O)cc1. The van der Waals surface area contributed by atoms with Crippen molar-refractivity contribution in [2.75, 3.05) is 0 Å². The fraction of sp³-hybridized carbons (Fsp3) is 0.400. The highest BCUT2D eigenvalue weighted by Crippen LogP contribution is 2.19. The minimum atomic E-state index is -2.73. The first-order valence-electron chi connectivity index (χ1n) is 4.19. The van der Waals surface area contributed by atoms with Gasteiger partial charge in [0, 0.05) is 5.56 Å². The van der Waals surface area contributed by atoms with Gasteiger partial charge in [0.1, 0.15) is 0 Å². The molecule has 0 aliphatic rings. The molecular weight excluding hydrogens is 168 g/mol. The van der Waals surface area contributed by atoms with E-state index in [1.54, 1.807) is 12.1 Å². The largest absolute Gasteiger partial charge is 0.340 e. The summed E-state index contributed by atoms with van der Waals surface area (Å²) in [5.41, 5.74) is 1.17. The maximum Gasteiger partial charge on any atom is 0.304 e. The highest BCUT2D eigenvalue weighted by Gasteiger charge is 2.20. The summed E-state index contributed by atoms with van der Waals surface area (Å²) in [5, 5.41) is 26.5. The molecule has 0 spiro atoms. The van der Waals surface area contributed by atoms with E-state index in [4.69, 9.17) is 15.3 Å². The maximum absolute atomic E-state index is 8.83. The number of aliphatic hydroxyl groups is 3. The van der Waals surface area contributed by atoms with Gasteiger partial charge in [0.15, 0.2) is 0 Å².